The van der Waals surface area contributed by atoms with Gasteiger partial charge >= 0.3 is 7.82 Å². The van der Waals surface area contributed by atoms with Crippen LogP contribution in [-0.4, -0.2) is 16.8 Å². The first-order chi connectivity index (χ1) is 13.4. The molecular weight excluding hydrogens is 393 g/mol. The highest BCUT2D eigenvalue weighted by molar-refractivity contribution is 8.03. The molecule has 28 heavy (non-hydrogen) atoms. The molecule has 4 rings (SSSR count). The van der Waals surface area contributed by atoms with Crippen LogP contribution in [0.3, 0.4) is 0 Å². The average molecular weight is 411 g/mol. The van der Waals surface area contributed by atoms with E-state index in [4.69, 9.17) is 4.52 Å². The Bertz CT molecular complexity index is 1040. The third-order valence-electron chi connectivity index (χ3n) is 4.43. The Hall–Kier alpha value is -2.50. The second kappa shape index (κ2) is 7.49. The van der Waals surface area contributed by atoms with Crippen molar-refractivity contribution in [3.8, 4) is 0 Å². The van der Waals surface area contributed by atoms with Crippen molar-refractivity contribution in [2.45, 2.75) is 4.90 Å². The predicted molar refractivity (Wildman–Crippen MR) is 112 cm³/mol. The summed E-state index contributed by atoms with van der Waals surface area (Å²) >= 11 is 1.20. The fourth-order valence-corrected chi connectivity index (χ4v) is 4.85. The van der Waals surface area contributed by atoms with Crippen LogP contribution in [0.25, 0.3) is 5.57 Å². The number of thioether (sulfide) groups is 1. The predicted octanol–water partition coefficient (Wildman–Crippen LogP) is 5.39. The zero-order valence-electron chi connectivity index (χ0n) is 15.0. The van der Waals surface area contributed by atoms with Gasteiger partial charge in [-0.1, -0.05) is 66.4 Å². The first-order valence-electron chi connectivity index (χ1n) is 8.59. The number of hydrogen-bond acceptors (Lipinski definition) is 4. The van der Waals surface area contributed by atoms with E-state index in [1.54, 1.807) is 0 Å². The first kappa shape index (κ1) is 18.8. The van der Waals surface area contributed by atoms with Gasteiger partial charge in [0.1, 0.15) is 0 Å². The van der Waals surface area contributed by atoms with Crippen LogP contribution in [0.5, 0.6) is 0 Å². The van der Waals surface area contributed by atoms with Crippen molar-refractivity contribution in [1.82, 2.24) is 0 Å². The maximum Gasteiger partial charge on any atom is 0.525 e. The van der Waals surface area contributed by atoms with Gasteiger partial charge in [-0.15, -0.1) is 0 Å². The smallest absolute Gasteiger partial charge is 0.396 e. The van der Waals surface area contributed by atoms with Gasteiger partial charge in [0.2, 0.25) is 0 Å². The number of nitrogens with zero attached hydrogens (tertiary/aromatic N) is 1. The topological polar surface area (TPSA) is 70.0 Å². The monoisotopic (exact) mass is 411 g/mol. The molecule has 2 N–H and O–H groups in total. The lowest BCUT2D eigenvalue weighted by atomic mass is 9.91. The summed E-state index contributed by atoms with van der Waals surface area (Å²) in [7, 11) is -2.78. The van der Waals surface area contributed by atoms with Gasteiger partial charge in [-0.05, 0) is 24.3 Å². The number of rotatable bonds is 4. The summed E-state index contributed by atoms with van der Waals surface area (Å²) in [5.41, 5.74) is 4.26. The Morgan fingerprint density at radius 2 is 1.36 bits per heavy atom. The number of para-hydroxylation sites is 2. The van der Waals surface area contributed by atoms with Gasteiger partial charge in [0.25, 0.3) is 0 Å². The van der Waals surface area contributed by atoms with E-state index in [9.17, 15) is 14.4 Å². The molecule has 0 aromatic heterocycles. The molecule has 0 aliphatic carbocycles. The molecule has 3 aromatic carbocycles. The molecule has 0 bridgehead atoms. The van der Waals surface area contributed by atoms with Crippen molar-refractivity contribution in [3.63, 3.8) is 0 Å². The normalized spacial score (nSPS) is 13.0. The number of benzene rings is 3. The van der Waals surface area contributed by atoms with Gasteiger partial charge in [0, 0.05) is 40.0 Å². The number of phosphoric acid groups is 1. The summed E-state index contributed by atoms with van der Waals surface area (Å²) < 4.78 is 17.0. The van der Waals surface area contributed by atoms with E-state index in [2.05, 4.69) is 4.90 Å². The molecule has 1 aliphatic rings. The minimum Gasteiger partial charge on any atom is -0.396 e. The maximum atomic E-state index is 11.8. The van der Waals surface area contributed by atoms with Crippen molar-refractivity contribution in [3.05, 3.63) is 95.1 Å². The molecule has 0 unspecified atom stereocenters. The Morgan fingerprint density at radius 1 is 0.857 bits per heavy atom. The fourth-order valence-electron chi connectivity index (χ4n) is 3.27. The van der Waals surface area contributed by atoms with Crippen LogP contribution in [0.2, 0.25) is 0 Å². The summed E-state index contributed by atoms with van der Waals surface area (Å²) in [6.45, 7) is 0. The van der Waals surface area contributed by atoms with Crippen LogP contribution < -0.4 is 4.90 Å². The van der Waals surface area contributed by atoms with Crippen LogP contribution in [0.15, 0.2) is 88.8 Å². The molecule has 3 aromatic rings. The van der Waals surface area contributed by atoms with Crippen LogP contribution in [-0.2, 0) is 9.09 Å². The lowest BCUT2D eigenvalue weighted by Crippen LogP contribution is -2.18. The molecule has 1 heterocycles. The van der Waals surface area contributed by atoms with E-state index in [-0.39, 0.29) is 5.09 Å². The first-order valence-corrected chi connectivity index (χ1v) is 10.9. The van der Waals surface area contributed by atoms with E-state index in [1.807, 2.05) is 85.9 Å². The maximum absolute atomic E-state index is 11.8. The molecule has 0 fully saturated rings. The van der Waals surface area contributed by atoms with Gasteiger partial charge < -0.3 is 9.42 Å². The second-order valence-corrected chi connectivity index (χ2v) is 8.46. The van der Waals surface area contributed by atoms with E-state index < -0.39 is 7.82 Å². The average Bonchev–Trinajstić information content (AvgIpc) is 2.68. The highest BCUT2D eigenvalue weighted by atomic mass is 32.2. The van der Waals surface area contributed by atoms with Gasteiger partial charge in [-0.2, -0.15) is 0 Å². The third-order valence-corrected chi connectivity index (χ3v) is 5.95. The fraction of sp³-hybridized carbons (Fsp3) is 0.0476. The molecule has 0 saturated heterocycles. The summed E-state index contributed by atoms with van der Waals surface area (Å²) in [5.74, 6) is 0. The molecule has 0 amide bonds. The highest BCUT2D eigenvalue weighted by Crippen LogP contribution is 2.52. The Kier molecular flexibility index (Phi) is 5.04. The Morgan fingerprint density at radius 3 is 1.89 bits per heavy atom. The minimum absolute atomic E-state index is 0.174. The lowest BCUT2D eigenvalue weighted by Gasteiger charge is -2.32. The minimum atomic E-state index is -4.76. The molecule has 0 spiro atoms. The summed E-state index contributed by atoms with van der Waals surface area (Å²) in [4.78, 5) is 22.0. The Balaban J connectivity index is 1.99. The second-order valence-electron chi connectivity index (χ2n) is 6.25. The largest absolute Gasteiger partial charge is 0.525 e. The Labute approximate surface area is 167 Å². The van der Waals surface area contributed by atoms with Crippen LogP contribution in [0.4, 0.5) is 11.4 Å². The van der Waals surface area contributed by atoms with Crippen molar-refractivity contribution >= 4 is 36.5 Å². The van der Waals surface area contributed by atoms with Crippen LogP contribution >= 0.6 is 19.6 Å². The molecule has 0 saturated carbocycles. The van der Waals surface area contributed by atoms with Gasteiger partial charge in [-0.3, -0.25) is 9.79 Å². The zero-order valence-corrected chi connectivity index (χ0v) is 16.7. The van der Waals surface area contributed by atoms with E-state index >= 15 is 0 Å². The SMILES string of the molecule is CN1c2ccccc2C(=C(OP(=O)(O)O)Sc2ccccc2)c2ccccc21. The number of hydrogen-bond donors (Lipinski definition) is 2. The molecule has 1 aliphatic heterocycles. The lowest BCUT2D eigenvalue weighted by molar-refractivity contribution is 0.255. The molecule has 0 atom stereocenters. The van der Waals surface area contributed by atoms with Gasteiger partial charge in [-0.25, -0.2) is 4.57 Å². The summed E-state index contributed by atoms with van der Waals surface area (Å²) in [5, 5.41) is 0.174. The van der Waals surface area contributed by atoms with Crippen molar-refractivity contribution in [1.29, 1.82) is 0 Å². The molecular formula is C21H18NO4PS. The number of anilines is 2. The molecule has 0 radical (unpaired) electrons. The standard InChI is InChI=1S/C21H18NO4PS/c1-22-18-13-7-5-11-16(18)20(17-12-6-8-14-19(17)22)21(26-27(23,24)25)28-15-9-3-2-4-10-15/h2-14H,1H3,(H2,23,24,25). The summed E-state index contributed by atoms with van der Waals surface area (Å²) in [6, 6.07) is 24.9. The van der Waals surface area contributed by atoms with Gasteiger partial charge in [0.15, 0.2) is 5.09 Å². The van der Waals surface area contributed by atoms with Crippen LogP contribution in [0.1, 0.15) is 11.1 Å². The highest BCUT2D eigenvalue weighted by Gasteiger charge is 2.30. The van der Waals surface area contributed by atoms with Gasteiger partial charge in [0.05, 0.1) is 0 Å². The zero-order chi connectivity index (χ0) is 19.7. The number of fused-ring (bicyclic) bond motifs is 2. The third kappa shape index (κ3) is 3.73. The number of phosphoric ester groups is 1. The van der Waals surface area contributed by atoms with E-state index in [0.29, 0.717) is 5.57 Å². The van der Waals surface area contributed by atoms with Crippen LogP contribution in [0, 0.1) is 0 Å². The molecule has 142 valence electrons. The molecule has 5 nitrogen and oxygen atoms in total. The van der Waals surface area contributed by atoms with Crippen molar-refractivity contribution in [2.24, 2.45) is 0 Å². The van der Waals surface area contributed by atoms with E-state index in [0.717, 1.165) is 27.4 Å². The molecule has 7 heteroatoms. The van der Waals surface area contributed by atoms with Crippen molar-refractivity contribution in [2.75, 3.05) is 11.9 Å². The quantitative estimate of drug-likeness (QED) is 0.341. The summed E-state index contributed by atoms with van der Waals surface area (Å²) in [6.07, 6.45) is 0. The van der Waals surface area contributed by atoms with E-state index in [1.165, 1.54) is 11.8 Å². The van der Waals surface area contributed by atoms with Crippen molar-refractivity contribution < 1.29 is 18.9 Å².